The molecule has 0 amide bonds. The molecule has 0 radical (unpaired) electrons. The van der Waals surface area contributed by atoms with Crippen molar-refractivity contribution in [3.05, 3.63) is 23.5 Å². The number of unbranched alkanes of at least 4 members (excludes halogenated alkanes) is 1. The molecule has 194 valence electrons. The van der Waals surface area contributed by atoms with Crippen LogP contribution < -0.4 is 0 Å². The first-order chi connectivity index (χ1) is 16.3. The highest BCUT2D eigenvalue weighted by atomic mass is 19.1. The van der Waals surface area contributed by atoms with Crippen LogP contribution in [0.1, 0.15) is 65.7 Å². The van der Waals surface area contributed by atoms with Crippen LogP contribution in [0.15, 0.2) is 23.5 Å². The molecule has 1 unspecified atom stereocenters. The average Bonchev–Trinajstić information content (AvgIpc) is 3.00. The van der Waals surface area contributed by atoms with Gasteiger partial charge >= 0.3 is 5.97 Å². The van der Waals surface area contributed by atoms with Gasteiger partial charge in [0, 0.05) is 23.8 Å². The van der Waals surface area contributed by atoms with E-state index in [1.165, 1.54) is 13.0 Å². The fourth-order valence-corrected chi connectivity index (χ4v) is 7.56. The number of alkyl halides is 1. The summed E-state index contributed by atoms with van der Waals surface area (Å²) in [4.78, 5) is 37.5. The predicted molar refractivity (Wildman–Crippen MR) is 121 cm³/mol. The summed E-state index contributed by atoms with van der Waals surface area (Å²) in [6.07, 6.45) is 0.642. The molecule has 0 aliphatic heterocycles. The summed E-state index contributed by atoms with van der Waals surface area (Å²) in [6.45, 7) is 3.99. The van der Waals surface area contributed by atoms with Crippen molar-refractivity contribution in [2.24, 2.45) is 22.7 Å². The summed E-state index contributed by atoms with van der Waals surface area (Å²) in [7, 11) is 0. The summed E-state index contributed by atoms with van der Waals surface area (Å²) in [6, 6.07) is 0. The SMILES string of the molecule is CCCCC(=O)OC1=CC(=O)C=C2CC[C@H]3[C@@H]4C[C@@H](O)C(O)(C(=O)CO)[C@@]4(C)C[C@H](O)[C@]3(F)[C@]21C. The van der Waals surface area contributed by atoms with E-state index < -0.39 is 70.3 Å². The van der Waals surface area contributed by atoms with Gasteiger partial charge in [-0.2, -0.15) is 0 Å². The lowest BCUT2D eigenvalue weighted by atomic mass is 9.44. The number of carbonyl (C=O) groups is 3. The maximum absolute atomic E-state index is 17.5. The Kier molecular flexibility index (Phi) is 6.40. The number of aliphatic hydroxyl groups excluding tert-OH is 3. The Morgan fingerprint density at radius 2 is 1.86 bits per heavy atom. The third-order valence-corrected chi connectivity index (χ3v) is 9.52. The molecular formula is C26H35FO8. The van der Waals surface area contributed by atoms with Crippen LogP contribution in [0.25, 0.3) is 0 Å². The van der Waals surface area contributed by atoms with Crippen LogP contribution in [0.2, 0.25) is 0 Å². The van der Waals surface area contributed by atoms with Gasteiger partial charge in [-0.1, -0.05) is 20.3 Å². The second-order valence-corrected chi connectivity index (χ2v) is 11.0. The van der Waals surface area contributed by atoms with Crippen molar-refractivity contribution in [3.8, 4) is 0 Å². The summed E-state index contributed by atoms with van der Waals surface area (Å²) in [5.74, 6) is -3.75. The van der Waals surface area contributed by atoms with Gasteiger partial charge in [0.15, 0.2) is 22.8 Å². The minimum atomic E-state index is -2.40. The fraction of sp³-hybridized carbons (Fsp3) is 0.731. The van der Waals surface area contributed by atoms with Crippen molar-refractivity contribution in [1.29, 1.82) is 0 Å². The Hall–Kier alpha value is -1.94. The lowest BCUT2D eigenvalue weighted by molar-refractivity contribution is -0.228. The number of halogens is 1. The number of ether oxygens (including phenoxy) is 1. The van der Waals surface area contributed by atoms with E-state index in [-0.39, 0.29) is 37.9 Å². The van der Waals surface area contributed by atoms with Gasteiger partial charge in [-0.15, -0.1) is 0 Å². The van der Waals surface area contributed by atoms with E-state index >= 15 is 4.39 Å². The number of Topliss-reactive ketones (excluding diaryl/α,β-unsaturated/α-hetero) is 1. The quantitative estimate of drug-likeness (QED) is 0.409. The predicted octanol–water partition coefficient (Wildman–Crippen LogP) is 1.68. The van der Waals surface area contributed by atoms with Crippen molar-refractivity contribution in [2.75, 3.05) is 6.61 Å². The summed E-state index contributed by atoms with van der Waals surface area (Å²) >= 11 is 0. The smallest absolute Gasteiger partial charge is 0.310 e. The molecule has 4 rings (SSSR count). The summed E-state index contributed by atoms with van der Waals surface area (Å²) in [5, 5.41) is 43.0. The van der Waals surface area contributed by atoms with Gasteiger partial charge in [0.25, 0.3) is 0 Å². The Morgan fingerprint density at radius 1 is 1.17 bits per heavy atom. The Labute approximate surface area is 203 Å². The molecule has 0 aromatic heterocycles. The van der Waals surface area contributed by atoms with Gasteiger partial charge in [0.2, 0.25) is 0 Å². The van der Waals surface area contributed by atoms with E-state index in [1.54, 1.807) is 6.92 Å². The molecule has 3 fully saturated rings. The van der Waals surface area contributed by atoms with E-state index in [0.717, 1.165) is 12.5 Å². The lowest BCUT2D eigenvalue weighted by Crippen LogP contribution is -2.70. The standard InChI is InChI=1S/C26H35FO8/c1-4-5-6-22(33)35-21-10-15(29)9-14-7-8-16-17-11-18(30)26(34,20(32)13-28)23(17,2)12-19(31)25(16,27)24(14,21)3/h9-10,16-19,28,30-31,34H,4-8,11-13H2,1-3H3/t16-,17-,18+,19-,23-,24+,25-,26?/m0/s1. The number of carbonyl (C=O) groups excluding carboxylic acids is 3. The van der Waals surface area contributed by atoms with Crippen LogP contribution in [0.4, 0.5) is 4.39 Å². The number of fused-ring (bicyclic) bond motifs is 5. The minimum absolute atomic E-state index is 0.0921. The van der Waals surface area contributed by atoms with Crippen molar-refractivity contribution in [3.63, 3.8) is 0 Å². The number of rotatable bonds is 6. The number of hydrogen-bond acceptors (Lipinski definition) is 8. The van der Waals surface area contributed by atoms with E-state index in [4.69, 9.17) is 4.74 Å². The van der Waals surface area contributed by atoms with Crippen LogP contribution in [0.3, 0.4) is 0 Å². The van der Waals surface area contributed by atoms with Crippen molar-refractivity contribution >= 4 is 17.5 Å². The average molecular weight is 495 g/mol. The van der Waals surface area contributed by atoms with Gasteiger partial charge < -0.3 is 25.2 Å². The minimum Gasteiger partial charge on any atom is -0.430 e. The number of allylic oxidation sites excluding steroid dienone is 3. The van der Waals surface area contributed by atoms with Crippen molar-refractivity contribution < 1.29 is 43.9 Å². The molecule has 4 aliphatic rings. The third-order valence-electron chi connectivity index (χ3n) is 9.52. The molecule has 9 heteroatoms. The zero-order chi connectivity index (χ0) is 26.0. The van der Waals surface area contributed by atoms with Crippen LogP contribution >= 0.6 is 0 Å². The molecule has 35 heavy (non-hydrogen) atoms. The van der Waals surface area contributed by atoms with Crippen LogP contribution in [0.5, 0.6) is 0 Å². The van der Waals surface area contributed by atoms with Gasteiger partial charge in [-0.05, 0) is 56.6 Å². The highest BCUT2D eigenvalue weighted by molar-refractivity contribution is 6.02. The number of aliphatic hydroxyl groups is 4. The molecule has 3 saturated carbocycles. The molecule has 4 N–H and O–H groups in total. The van der Waals surface area contributed by atoms with E-state index in [1.807, 2.05) is 6.92 Å². The first-order valence-electron chi connectivity index (χ1n) is 12.4. The van der Waals surface area contributed by atoms with Gasteiger partial charge in [0.1, 0.15) is 12.4 Å². The topological polar surface area (TPSA) is 141 Å². The largest absolute Gasteiger partial charge is 0.430 e. The van der Waals surface area contributed by atoms with Crippen molar-refractivity contribution in [1.82, 2.24) is 0 Å². The van der Waals surface area contributed by atoms with Crippen LogP contribution in [-0.2, 0) is 19.1 Å². The zero-order valence-corrected chi connectivity index (χ0v) is 20.4. The highest BCUT2D eigenvalue weighted by Gasteiger charge is 2.77. The Bertz CT molecular complexity index is 1010. The van der Waals surface area contributed by atoms with Gasteiger partial charge in [0.05, 0.1) is 17.6 Å². The van der Waals surface area contributed by atoms with Gasteiger partial charge in [-0.3, -0.25) is 14.4 Å². The Morgan fingerprint density at radius 3 is 2.49 bits per heavy atom. The molecule has 0 saturated heterocycles. The van der Waals surface area contributed by atoms with Crippen molar-refractivity contribution in [2.45, 2.75) is 89.2 Å². The number of hydrogen-bond donors (Lipinski definition) is 4. The molecular weight excluding hydrogens is 459 g/mol. The fourth-order valence-electron chi connectivity index (χ4n) is 7.56. The first-order valence-corrected chi connectivity index (χ1v) is 12.4. The second kappa shape index (κ2) is 8.57. The lowest BCUT2D eigenvalue weighted by Gasteiger charge is -2.62. The van der Waals surface area contributed by atoms with Gasteiger partial charge in [-0.25, -0.2) is 4.39 Å². The first kappa shape index (κ1) is 26.1. The zero-order valence-electron chi connectivity index (χ0n) is 20.4. The molecule has 0 spiro atoms. The monoisotopic (exact) mass is 494 g/mol. The maximum atomic E-state index is 17.5. The second-order valence-electron chi connectivity index (χ2n) is 11.0. The molecule has 8 atom stereocenters. The van der Waals surface area contributed by atoms with E-state index in [9.17, 15) is 34.8 Å². The van der Waals surface area contributed by atoms with Crippen LogP contribution in [0, 0.1) is 22.7 Å². The number of ketones is 2. The van der Waals surface area contributed by atoms with E-state index in [0.29, 0.717) is 12.0 Å². The highest BCUT2D eigenvalue weighted by Crippen LogP contribution is 2.70. The van der Waals surface area contributed by atoms with E-state index in [2.05, 4.69) is 0 Å². The molecule has 8 nitrogen and oxygen atoms in total. The molecule has 0 heterocycles. The number of esters is 1. The molecule has 0 aromatic rings. The Balaban J connectivity index is 1.80. The maximum Gasteiger partial charge on any atom is 0.310 e. The molecule has 0 bridgehead atoms. The summed E-state index contributed by atoms with van der Waals surface area (Å²) in [5.41, 5.74) is -7.33. The molecule has 0 aromatic carbocycles. The third kappa shape index (κ3) is 3.27. The van der Waals surface area contributed by atoms with Crippen LogP contribution in [-0.4, -0.2) is 68.0 Å². The summed E-state index contributed by atoms with van der Waals surface area (Å²) < 4.78 is 23.1. The molecule has 4 aliphatic carbocycles. The normalized spacial score (nSPS) is 44.5.